The second-order valence-electron chi connectivity index (χ2n) is 8.29. The Balaban J connectivity index is 1.25. The smallest absolute Gasteiger partial charge is 0.193 e. The zero-order chi connectivity index (χ0) is 20.1. The van der Waals surface area contributed by atoms with E-state index >= 15 is 0 Å². The largest absolute Gasteiger partial charge is 0.376 e. The minimum Gasteiger partial charge on any atom is -0.376 e. The Kier molecular flexibility index (Phi) is 6.14. The molecular weight excluding hydrogens is 365 g/mol. The molecule has 2 aliphatic rings. The van der Waals surface area contributed by atoms with Crippen LogP contribution in [-0.2, 0) is 16.8 Å². The highest BCUT2D eigenvalue weighted by atomic mass is 19.1. The summed E-state index contributed by atoms with van der Waals surface area (Å²) < 4.78 is 19.6. The maximum atomic E-state index is 13.6. The van der Waals surface area contributed by atoms with Gasteiger partial charge >= 0.3 is 0 Å². The molecule has 0 amide bonds. The Labute approximate surface area is 172 Å². The first-order valence-electron chi connectivity index (χ1n) is 10.5. The molecular formula is C24H30FN3O. The van der Waals surface area contributed by atoms with Gasteiger partial charge in [-0.25, -0.2) is 4.39 Å². The third-order valence-electron chi connectivity index (χ3n) is 6.14. The number of rotatable bonds is 7. The monoisotopic (exact) mass is 395 g/mol. The first-order chi connectivity index (χ1) is 14.2. The van der Waals surface area contributed by atoms with E-state index in [1.807, 2.05) is 31.3 Å². The van der Waals surface area contributed by atoms with Crippen molar-refractivity contribution >= 4 is 5.96 Å². The summed E-state index contributed by atoms with van der Waals surface area (Å²) in [6.45, 7) is 4.19. The van der Waals surface area contributed by atoms with E-state index in [0.29, 0.717) is 12.5 Å². The first kappa shape index (κ1) is 19.9. The molecule has 2 aromatic rings. The molecule has 4 rings (SSSR count). The van der Waals surface area contributed by atoms with Gasteiger partial charge in [-0.2, -0.15) is 0 Å². The third-order valence-corrected chi connectivity index (χ3v) is 6.14. The Morgan fingerprint density at radius 1 is 1.21 bits per heavy atom. The van der Waals surface area contributed by atoms with Crippen molar-refractivity contribution in [3.8, 4) is 0 Å². The molecule has 0 spiro atoms. The zero-order valence-corrected chi connectivity index (χ0v) is 17.1. The molecule has 0 radical (unpaired) electrons. The SMILES string of the molecule is CN=C(NCC1(c2cccc(F)c2)CC1)N1CCC(COCc2ccccc2)C1. The third kappa shape index (κ3) is 4.96. The fourth-order valence-corrected chi connectivity index (χ4v) is 4.20. The molecule has 1 saturated heterocycles. The van der Waals surface area contributed by atoms with Crippen LogP contribution >= 0.6 is 0 Å². The van der Waals surface area contributed by atoms with Crippen LogP contribution in [0.25, 0.3) is 0 Å². The summed E-state index contributed by atoms with van der Waals surface area (Å²) in [6, 6.07) is 17.3. The van der Waals surface area contributed by atoms with E-state index in [-0.39, 0.29) is 11.2 Å². The van der Waals surface area contributed by atoms with Gasteiger partial charge in [-0.3, -0.25) is 4.99 Å². The van der Waals surface area contributed by atoms with Gasteiger partial charge < -0.3 is 15.0 Å². The second kappa shape index (κ2) is 8.95. The van der Waals surface area contributed by atoms with Crippen LogP contribution < -0.4 is 5.32 Å². The highest BCUT2D eigenvalue weighted by molar-refractivity contribution is 5.80. The van der Waals surface area contributed by atoms with Crippen molar-refractivity contribution in [2.75, 3.05) is 33.3 Å². The van der Waals surface area contributed by atoms with E-state index in [4.69, 9.17) is 4.74 Å². The summed E-state index contributed by atoms with van der Waals surface area (Å²) in [6.07, 6.45) is 3.30. The first-order valence-corrected chi connectivity index (χ1v) is 10.5. The predicted octanol–water partition coefficient (Wildman–Crippen LogP) is 3.97. The van der Waals surface area contributed by atoms with Gasteiger partial charge in [0.05, 0.1) is 13.2 Å². The van der Waals surface area contributed by atoms with Gasteiger partial charge in [0.15, 0.2) is 5.96 Å². The average Bonchev–Trinajstić information content (AvgIpc) is 3.40. The normalized spacial score (nSPS) is 20.7. The fourth-order valence-electron chi connectivity index (χ4n) is 4.20. The van der Waals surface area contributed by atoms with Crippen LogP contribution in [0.5, 0.6) is 0 Å². The molecule has 1 N–H and O–H groups in total. The van der Waals surface area contributed by atoms with Crippen LogP contribution in [0.2, 0.25) is 0 Å². The summed E-state index contributed by atoms with van der Waals surface area (Å²) >= 11 is 0. The Morgan fingerprint density at radius 2 is 2.03 bits per heavy atom. The lowest BCUT2D eigenvalue weighted by atomic mass is 9.96. The molecule has 0 aromatic heterocycles. The molecule has 154 valence electrons. The van der Waals surface area contributed by atoms with Gasteiger partial charge in [-0.15, -0.1) is 0 Å². The van der Waals surface area contributed by atoms with Crippen LogP contribution in [0.15, 0.2) is 59.6 Å². The minimum absolute atomic E-state index is 0.0515. The van der Waals surface area contributed by atoms with Crippen molar-refractivity contribution in [2.24, 2.45) is 10.9 Å². The predicted molar refractivity (Wildman–Crippen MR) is 114 cm³/mol. The number of nitrogens with zero attached hydrogens (tertiary/aromatic N) is 2. The number of aliphatic imine (C=N–C) groups is 1. The average molecular weight is 396 g/mol. The molecule has 1 unspecified atom stereocenters. The fraction of sp³-hybridized carbons (Fsp3) is 0.458. The summed E-state index contributed by atoms with van der Waals surface area (Å²) in [4.78, 5) is 6.81. The van der Waals surface area contributed by atoms with Crippen LogP contribution in [0.1, 0.15) is 30.4 Å². The standard InChI is InChI=1S/C24H30FN3O/c1-26-23(27-18-24(11-12-24)21-8-5-9-22(25)14-21)28-13-10-20(15-28)17-29-16-19-6-3-2-4-7-19/h2-9,14,20H,10-13,15-18H2,1H3,(H,26,27). The lowest BCUT2D eigenvalue weighted by Crippen LogP contribution is -2.43. The van der Waals surface area contributed by atoms with E-state index in [2.05, 4.69) is 27.3 Å². The van der Waals surface area contributed by atoms with Crippen molar-refractivity contribution < 1.29 is 9.13 Å². The van der Waals surface area contributed by atoms with Crippen LogP contribution in [0.3, 0.4) is 0 Å². The van der Waals surface area contributed by atoms with Crippen molar-refractivity contribution in [2.45, 2.75) is 31.3 Å². The van der Waals surface area contributed by atoms with Gasteiger partial charge in [-0.05, 0) is 42.5 Å². The van der Waals surface area contributed by atoms with Crippen molar-refractivity contribution in [1.29, 1.82) is 0 Å². The number of hydrogen-bond donors (Lipinski definition) is 1. The van der Waals surface area contributed by atoms with Crippen molar-refractivity contribution in [1.82, 2.24) is 10.2 Å². The quantitative estimate of drug-likeness (QED) is 0.569. The number of nitrogens with one attached hydrogen (secondary N) is 1. The highest BCUT2D eigenvalue weighted by Gasteiger charge is 2.44. The molecule has 1 aliphatic carbocycles. The lowest BCUT2D eigenvalue weighted by Gasteiger charge is -2.24. The zero-order valence-electron chi connectivity index (χ0n) is 17.1. The topological polar surface area (TPSA) is 36.9 Å². The van der Waals surface area contributed by atoms with Gasteiger partial charge in [0, 0.05) is 38.0 Å². The number of likely N-dealkylation sites (tertiary alicyclic amines) is 1. The van der Waals surface area contributed by atoms with Crippen molar-refractivity contribution in [3.63, 3.8) is 0 Å². The summed E-state index contributed by atoms with van der Waals surface area (Å²) in [5, 5.41) is 3.55. The van der Waals surface area contributed by atoms with Gasteiger partial charge in [0.2, 0.25) is 0 Å². The van der Waals surface area contributed by atoms with Gasteiger partial charge in [0.25, 0.3) is 0 Å². The van der Waals surface area contributed by atoms with E-state index in [9.17, 15) is 4.39 Å². The highest BCUT2D eigenvalue weighted by Crippen LogP contribution is 2.47. The number of benzene rings is 2. The molecule has 4 nitrogen and oxygen atoms in total. The molecule has 2 fully saturated rings. The van der Waals surface area contributed by atoms with Gasteiger partial charge in [-0.1, -0.05) is 42.5 Å². The van der Waals surface area contributed by atoms with E-state index < -0.39 is 0 Å². The van der Waals surface area contributed by atoms with Crippen molar-refractivity contribution in [3.05, 3.63) is 71.5 Å². The number of guanidine groups is 1. The van der Waals surface area contributed by atoms with Crippen LogP contribution in [0, 0.1) is 11.7 Å². The summed E-state index contributed by atoms with van der Waals surface area (Å²) in [7, 11) is 1.84. The number of hydrogen-bond acceptors (Lipinski definition) is 2. The van der Waals surface area contributed by atoms with Crippen LogP contribution in [0.4, 0.5) is 4.39 Å². The Hall–Kier alpha value is -2.40. The molecule has 29 heavy (non-hydrogen) atoms. The number of ether oxygens (including phenoxy) is 1. The minimum atomic E-state index is -0.156. The van der Waals surface area contributed by atoms with Crippen LogP contribution in [-0.4, -0.2) is 44.1 Å². The van der Waals surface area contributed by atoms with E-state index in [0.717, 1.165) is 57.0 Å². The summed E-state index contributed by atoms with van der Waals surface area (Å²) in [5.74, 6) is 1.31. The lowest BCUT2D eigenvalue weighted by molar-refractivity contribution is 0.0906. The summed E-state index contributed by atoms with van der Waals surface area (Å²) in [5.41, 5.74) is 2.36. The number of halogens is 1. The molecule has 1 heterocycles. The maximum Gasteiger partial charge on any atom is 0.193 e. The molecule has 5 heteroatoms. The Morgan fingerprint density at radius 3 is 2.76 bits per heavy atom. The van der Waals surface area contributed by atoms with E-state index in [1.54, 1.807) is 12.1 Å². The van der Waals surface area contributed by atoms with E-state index in [1.165, 1.54) is 11.6 Å². The van der Waals surface area contributed by atoms with Gasteiger partial charge in [0.1, 0.15) is 5.82 Å². The molecule has 1 aliphatic heterocycles. The molecule has 0 bridgehead atoms. The second-order valence-corrected chi connectivity index (χ2v) is 8.29. The molecule has 1 atom stereocenters. The maximum absolute atomic E-state index is 13.6. The molecule has 2 aromatic carbocycles. The Bertz CT molecular complexity index is 835. The molecule has 1 saturated carbocycles.